The van der Waals surface area contributed by atoms with Crippen molar-refractivity contribution < 1.29 is 0 Å². The highest BCUT2D eigenvalue weighted by Gasteiger charge is 2.14. The Labute approximate surface area is 253 Å². The number of rotatable bonds is 4. The Kier molecular flexibility index (Phi) is 5.47. The topological polar surface area (TPSA) is 46.5 Å². The predicted molar refractivity (Wildman–Crippen MR) is 182 cm³/mol. The molecule has 0 bridgehead atoms. The van der Waals surface area contributed by atoms with Crippen molar-refractivity contribution >= 4 is 43.6 Å². The maximum Gasteiger partial charge on any atom is 0.116 e. The molecule has 0 atom stereocenters. The molecule has 0 aliphatic rings. The third kappa shape index (κ3) is 3.85. The minimum absolute atomic E-state index is 0.890. The number of benzene rings is 6. The van der Waals surface area contributed by atoms with Crippen LogP contribution in [-0.4, -0.2) is 19.5 Å². The maximum absolute atomic E-state index is 4.70. The van der Waals surface area contributed by atoms with Crippen molar-refractivity contribution in [2.24, 2.45) is 0 Å². The van der Waals surface area contributed by atoms with Crippen LogP contribution < -0.4 is 0 Å². The van der Waals surface area contributed by atoms with E-state index in [1.54, 1.807) is 6.33 Å². The van der Waals surface area contributed by atoms with Crippen molar-refractivity contribution in [3.05, 3.63) is 152 Å². The van der Waals surface area contributed by atoms with E-state index in [4.69, 9.17) is 9.97 Å². The number of aromatic nitrogens is 4. The van der Waals surface area contributed by atoms with Gasteiger partial charge in [0.15, 0.2) is 0 Å². The first-order valence-electron chi connectivity index (χ1n) is 14.8. The summed E-state index contributed by atoms with van der Waals surface area (Å²) in [7, 11) is 0. The van der Waals surface area contributed by atoms with Crippen molar-refractivity contribution in [3.8, 4) is 39.3 Å². The molecule has 0 radical (unpaired) electrons. The van der Waals surface area contributed by atoms with E-state index in [1.165, 1.54) is 38.1 Å². The van der Waals surface area contributed by atoms with Crippen molar-refractivity contribution in [2.45, 2.75) is 0 Å². The largest absolute Gasteiger partial charge is 0.354 e. The van der Waals surface area contributed by atoms with E-state index in [-0.39, 0.29) is 0 Å². The third-order valence-corrected chi connectivity index (χ3v) is 8.66. The first kappa shape index (κ1) is 24.6. The molecule has 0 aliphatic carbocycles. The predicted octanol–water partition coefficient (Wildman–Crippen LogP) is 10.2. The molecule has 0 fully saturated rings. The van der Waals surface area contributed by atoms with Gasteiger partial charge in [-0.05, 0) is 48.0 Å². The lowest BCUT2D eigenvalue weighted by molar-refractivity contribution is 1.16. The Bertz CT molecular complexity index is 2460. The molecule has 9 aromatic rings. The van der Waals surface area contributed by atoms with Crippen LogP contribution in [0.1, 0.15) is 0 Å². The zero-order chi connectivity index (χ0) is 29.0. The molecule has 0 aliphatic heterocycles. The summed E-state index contributed by atoms with van der Waals surface area (Å²) in [6.07, 6.45) is 1.67. The number of nitrogens with one attached hydrogen (secondary N) is 1. The molecule has 0 unspecified atom stereocenters. The minimum atomic E-state index is 0.890. The SMILES string of the molecule is c1cc(-c2cc(-c3cccc(-n4c5ccccc5c5ccccc54)c3)ncn2)cc(-c2cccc3c2[nH]c2ccccc23)c1. The van der Waals surface area contributed by atoms with Gasteiger partial charge >= 0.3 is 0 Å². The molecule has 4 nitrogen and oxygen atoms in total. The van der Waals surface area contributed by atoms with E-state index < -0.39 is 0 Å². The Hall–Kier alpha value is -6.00. The van der Waals surface area contributed by atoms with Gasteiger partial charge in [-0.1, -0.05) is 103 Å². The lowest BCUT2D eigenvalue weighted by atomic mass is 9.99. The fourth-order valence-corrected chi connectivity index (χ4v) is 6.64. The zero-order valence-corrected chi connectivity index (χ0v) is 23.8. The normalized spacial score (nSPS) is 11.6. The average molecular weight is 563 g/mol. The first-order valence-corrected chi connectivity index (χ1v) is 14.8. The van der Waals surface area contributed by atoms with Gasteiger partial charge in [0.25, 0.3) is 0 Å². The van der Waals surface area contributed by atoms with Crippen LogP contribution >= 0.6 is 0 Å². The maximum atomic E-state index is 4.70. The van der Waals surface area contributed by atoms with Crippen molar-refractivity contribution in [1.29, 1.82) is 0 Å². The molecule has 3 aromatic heterocycles. The number of hydrogen-bond acceptors (Lipinski definition) is 2. The monoisotopic (exact) mass is 562 g/mol. The van der Waals surface area contributed by atoms with Crippen LogP contribution in [0.15, 0.2) is 152 Å². The highest BCUT2D eigenvalue weighted by molar-refractivity contribution is 6.12. The molecule has 0 spiro atoms. The van der Waals surface area contributed by atoms with E-state index >= 15 is 0 Å². The second-order valence-corrected chi connectivity index (χ2v) is 11.2. The van der Waals surface area contributed by atoms with Gasteiger partial charge in [0.2, 0.25) is 0 Å². The van der Waals surface area contributed by atoms with E-state index in [1.807, 2.05) is 0 Å². The fourth-order valence-electron chi connectivity index (χ4n) is 6.64. The molecule has 44 heavy (non-hydrogen) atoms. The highest BCUT2D eigenvalue weighted by Crippen LogP contribution is 2.36. The summed E-state index contributed by atoms with van der Waals surface area (Å²) in [5.41, 5.74) is 12.0. The lowest BCUT2D eigenvalue weighted by Gasteiger charge is -2.11. The molecular weight excluding hydrogens is 536 g/mol. The average Bonchev–Trinajstić information content (AvgIpc) is 3.65. The van der Waals surface area contributed by atoms with Crippen molar-refractivity contribution in [2.75, 3.05) is 0 Å². The van der Waals surface area contributed by atoms with Crippen LogP contribution in [0.5, 0.6) is 0 Å². The van der Waals surface area contributed by atoms with Crippen LogP contribution in [0, 0.1) is 0 Å². The second kappa shape index (κ2) is 9.79. The van der Waals surface area contributed by atoms with E-state index in [0.29, 0.717) is 0 Å². The Morgan fingerprint density at radius 2 is 1.05 bits per heavy atom. The summed E-state index contributed by atoms with van der Waals surface area (Å²) >= 11 is 0. The molecule has 0 saturated heterocycles. The molecule has 0 amide bonds. The van der Waals surface area contributed by atoms with E-state index in [9.17, 15) is 0 Å². The second-order valence-electron chi connectivity index (χ2n) is 11.2. The first-order chi connectivity index (χ1) is 21.8. The summed E-state index contributed by atoms with van der Waals surface area (Å²) in [5, 5.41) is 4.97. The number of para-hydroxylation sites is 4. The summed E-state index contributed by atoms with van der Waals surface area (Å²) in [6.45, 7) is 0. The summed E-state index contributed by atoms with van der Waals surface area (Å²) in [5.74, 6) is 0. The van der Waals surface area contributed by atoms with Gasteiger partial charge in [-0.2, -0.15) is 0 Å². The van der Waals surface area contributed by atoms with Gasteiger partial charge in [0, 0.05) is 49.4 Å². The zero-order valence-electron chi connectivity index (χ0n) is 23.8. The quantitative estimate of drug-likeness (QED) is 0.232. The van der Waals surface area contributed by atoms with Gasteiger partial charge in [-0.15, -0.1) is 0 Å². The number of fused-ring (bicyclic) bond motifs is 6. The van der Waals surface area contributed by atoms with Gasteiger partial charge in [0.1, 0.15) is 6.33 Å². The van der Waals surface area contributed by atoms with Gasteiger partial charge < -0.3 is 9.55 Å². The van der Waals surface area contributed by atoms with E-state index in [0.717, 1.165) is 44.8 Å². The number of H-pyrrole nitrogens is 1. The molecule has 206 valence electrons. The van der Waals surface area contributed by atoms with Gasteiger partial charge in [0.05, 0.1) is 27.9 Å². The molecule has 4 heteroatoms. The third-order valence-electron chi connectivity index (χ3n) is 8.66. The number of nitrogens with zero attached hydrogens (tertiary/aromatic N) is 3. The molecule has 9 rings (SSSR count). The summed E-state index contributed by atoms with van der Waals surface area (Å²) in [4.78, 5) is 13.0. The molecule has 1 N–H and O–H groups in total. The fraction of sp³-hybridized carbons (Fsp3) is 0. The van der Waals surface area contributed by atoms with Crippen LogP contribution in [-0.2, 0) is 0 Å². The van der Waals surface area contributed by atoms with Crippen LogP contribution in [0.3, 0.4) is 0 Å². The molecule has 6 aromatic carbocycles. The minimum Gasteiger partial charge on any atom is -0.354 e. The van der Waals surface area contributed by atoms with Gasteiger partial charge in [-0.25, -0.2) is 9.97 Å². The smallest absolute Gasteiger partial charge is 0.116 e. The number of hydrogen-bond donors (Lipinski definition) is 1. The summed E-state index contributed by atoms with van der Waals surface area (Å²) < 4.78 is 2.34. The van der Waals surface area contributed by atoms with Crippen LogP contribution in [0.4, 0.5) is 0 Å². The van der Waals surface area contributed by atoms with E-state index in [2.05, 4.69) is 155 Å². The molecule has 0 saturated carbocycles. The summed E-state index contributed by atoms with van der Waals surface area (Å²) in [6, 6.07) is 51.5. The van der Waals surface area contributed by atoms with Crippen molar-refractivity contribution in [3.63, 3.8) is 0 Å². The Morgan fingerprint density at radius 3 is 1.82 bits per heavy atom. The highest BCUT2D eigenvalue weighted by atomic mass is 15.0. The Morgan fingerprint density at radius 1 is 0.455 bits per heavy atom. The lowest BCUT2D eigenvalue weighted by Crippen LogP contribution is -1.95. The van der Waals surface area contributed by atoms with Crippen LogP contribution in [0.25, 0.3) is 82.9 Å². The molecular formula is C40H26N4. The standard InChI is InChI=1S/C40H26N4/c1-4-19-35-31(14-1)34-18-9-17-30(40(34)43-35)26-10-7-11-27(22-26)36-24-37(42-25-41-36)28-12-8-13-29(23-28)44-38-20-5-2-15-32(38)33-16-3-6-21-39(33)44/h1-25,43H. The van der Waals surface area contributed by atoms with Gasteiger partial charge in [-0.3, -0.25) is 0 Å². The van der Waals surface area contributed by atoms with Crippen LogP contribution in [0.2, 0.25) is 0 Å². The molecule has 3 heterocycles. The van der Waals surface area contributed by atoms with Crippen molar-refractivity contribution in [1.82, 2.24) is 19.5 Å². The number of aromatic amines is 1. The Balaban J connectivity index is 1.13.